The van der Waals surface area contributed by atoms with Crippen LogP contribution in [0.1, 0.15) is 18.9 Å². The fourth-order valence-corrected chi connectivity index (χ4v) is 4.39. The number of benzene rings is 2. The summed E-state index contributed by atoms with van der Waals surface area (Å²) in [6, 6.07) is 10.1. The number of hydrogen-bond donors (Lipinski definition) is 2. The lowest BCUT2D eigenvalue weighted by Crippen LogP contribution is -2.24. The van der Waals surface area contributed by atoms with Crippen molar-refractivity contribution in [2.24, 2.45) is 0 Å². The molecule has 0 saturated heterocycles. The lowest BCUT2D eigenvalue weighted by molar-refractivity contribution is -0.115. The van der Waals surface area contributed by atoms with Crippen LogP contribution in [0.15, 0.2) is 52.3 Å². The van der Waals surface area contributed by atoms with Gasteiger partial charge in [0.1, 0.15) is 5.75 Å². The smallest absolute Gasteiger partial charge is 0.242 e. The number of amides is 1. The van der Waals surface area contributed by atoms with Gasteiger partial charge in [0, 0.05) is 27.1 Å². The molecule has 2 aromatic carbocycles. The molecule has 0 aliphatic heterocycles. The Morgan fingerprint density at radius 3 is 2.13 bits per heavy atom. The average Bonchev–Trinajstić information content (AvgIpc) is 2.72. The van der Waals surface area contributed by atoms with Crippen molar-refractivity contribution >= 4 is 31.6 Å². The fourth-order valence-electron chi connectivity index (χ4n) is 2.44. The summed E-state index contributed by atoms with van der Waals surface area (Å²) >= 11 is 0. The van der Waals surface area contributed by atoms with Gasteiger partial charge in [0.25, 0.3) is 0 Å². The lowest BCUT2D eigenvalue weighted by atomic mass is 10.2. The summed E-state index contributed by atoms with van der Waals surface area (Å²) in [4.78, 5) is 11.8. The van der Waals surface area contributed by atoms with Gasteiger partial charge in [0.2, 0.25) is 26.0 Å². The van der Waals surface area contributed by atoms with Crippen molar-refractivity contribution < 1.29 is 26.4 Å². The molecule has 0 unspecified atom stereocenters. The predicted octanol–water partition coefficient (Wildman–Crippen LogP) is 1.77. The third-order valence-corrected chi connectivity index (χ3v) is 7.47. The molecule has 2 rings (SSSR count). The minimum atomic E-state index is -3.88. The van der Waals surface area contributed by atoms with E-state index in [2.05, 4.69) is 10.0 Å². The summed E-state index contributed by atoms with van der Waals surface area (Å²) < 4.78 is 58.3. The number of hydrogen-bond acceptors (Lipinski definition) is 6. The molecule has 0 spiro atoms. The predicted molar refractivity (Wildman–Crippen MR) is 113 cm³/mol. The lowest BCUT2D eigenvalue weighted by Gasteiger charge is -2.13. The van der Waals surface area contributed by atoms with Gasteiger partial charge in [-0.1, -0.05) is 19.1 Å². The number of sulfonamides is 2. The van der Waals surface area contributed by atoms with Gasteiger partial charge in [-0.15, -0.1) is 0 Å². The third-order valence-electron chi connectivity index (χ3n) is 4.24. The van der Waals surface area contributed by atoms with Gasteiger partial charge in [-0.2, -0.15) is 0 Å². The molecule has 0 fully saturated rings. The van der Waals surface area contributed by atoms with Gasteiger partial charge in [0.15, 0.2) is 0 Å². The van der Waals surface area contributed by atoms with Crippen molar-refractivity contribution in [2.75, 3.05) is 26.5 Å². The summed E-state index contributed by atoms with van der Waals surface area (Å²) in [7, 11) is -3.15. The van der Waals surface area contributed by atoms with Crippen molar-refractivity contribution in [3.8, 4) is 5.75 Å². The molecular weight excluding hydrogens is 430 g/mol. The minimum Gasteiger partial charge on any atom is -0.495 e. The summed E-state index contributed by atoms with van der Waals surface area (Å²) in [6.07, 6.45) is 0.234. The number of methoxy groups -OCH3 is 1. The van der Waals surface area contributed by atoms with Crippen molar-refractivity contribution in [2.45, 2.75) is 29.7 Å². The van der Waals surface area contributed by atoms with Crippen molar-refractivity contribution in [3.05, 3.63) is 48.0 Å². The van der Waals surface area contributed by atoms with E-state index in [0.717, 1.165) is 4.31 Å². The second-order valence-electron chi connectivity index (χ2n) is 6.52. The van der Waals surface area contributed by atoms with Crippen LogP contribution < -0.4 is 14.8 Å². The second kappa shape index (κ2) is 9.56. The number of ether oxygens (including phenoxy) is 1. The Hall–Kier alpha value is -2.47. The largest absolute Gasteiger partial charge is 0.495 e. The van der Waals surface area contributed by atoms with E-state index >= 15 is 0 Å². The normalized spacial score (nSPS) is 12.0. The number of carbonyl (C=O) groups excluding carboxylic acids is 1. The fraction of sp³-hybridized carbons (Fsp3) is 0.316. The quantitative estimate of drug-likeness (QED) is 0.594. The van der Waals surface area contributed by atoms with Crippen LogP contribution in [0.4, 0.5) is 5.69 Å². The van der Waals surface area contributed by atoms with Gasteiger partial charge in [-0.25, -0.2) is 25.9 Å². The zero-order valence-electron chi connectivity index (χ0n) is 17.2. The van der Waals surface area contributed by atoms with Crippen molar-refractivity contribution in [1.82, 2.24) is 9.03 Å². The molecule has 164 valence electrons. The van der Waals surface area contributed by atoms with Crippen LogP contribution in [0.2, 0.25) is 0 Å². The van der Waals surface area contributed by atoms with Crippen molar-refractivity contribution in [3.63, 3.8) is 0 Å². The highest BCUT2D eigenvalue weighted by Crippen LogP contribution is 2.27. The van der Waals surface area contributed by atoms with E-state index < -0.39 is 20.0 Å². The van der Waals surface area contributed by atoms with Crippen LogP contribution in [0, 0.1) is 0 Å². The van der Waals surface area contributed by atoms with Gasteiger partial charge >= 0.3 is 0 Å². The molecule has 0 atom stereocenters. The summed E-state index contributed by atoms with van der Waals surface area (Å²) in [5, 5.41) is 2.61. The molecule has 0 bridgehead atoms. The van der Waals surface area contributed by atoms with Gasteiger partial charge < -0.3 is 10.1 Å². The monoisotopic (exact) mass is 455 g/mol. The van der Waals surface area contributed by atoms with Crippen LogP contribution in [-0.4, -0.2) is 48.3 Å². The first-order valence-corrected chi connectivity index (χ1v) is 11.9. The Kier molecular flexibility index (Phi) is 7.59. The molecule has 0 heterocycles. The van der Waals surface area contributed by atoms with Crippen LogP contribution in [0.5, 0.6) is 5.75 Å². The Morgan fingerprint density at radius 1 is 1.00 bits per heavy atom. The molecular formula is C19H25N3O6S2. The van der Waals surface area contributed by atoms with Gasteiger partial charge in [-0.3, -0.25) is 4.79 Å². The zero-order chi connectivity index (χ0) is 22.5. The third kappa shape index (κ3) is 5.57. The first-order valence-electron chi connectivity index (χ1n) is 9.00. The van der Waals surface area contributed by atoms with Gasteiger partial charge in [0.05, 0.1) is 22.6 Å². The van der Waals surface area contributed by atoms with Crippen LogP contribution in [0.3, 0.4) is 0 Å². The van der Waals surface area contributed by atoms with E-state index in [9.17, 15) is 21.6 Å². The Morgan fingerprint density at radius 2 is 1.60 bits per heavy atom. The number of nitrogens with zero attached hydrogens (tertiary/aromatic N) is 1. The van der Waals surface area contributed by atoms with E-state index in [1.807, 2.05) is 0 Å². The Balaban J connectivity index is 2.19. The molecule has 1 amide bonds. The maximum Gasteiger partial charge on any atom is 0.242 e. The van der Waals surface area contributed by atoms with E-state index in [-0.39, 0.29) is 34.4 Å². The van der Waals surface area contributed by atoms with Gasteiger partial charge in [-0.05, 0) is 35.9 Å². The second-order valence-corrected chi connectivity index (χ2v) is 10.4. The number of carbonyl (C=O) groups is 1. The number of rotatable bonds is 9. The van der Waals surface area contributed by atoms with Crippen LogP contribution >= 0.6 is 0 Å². The molecule has 0 radical (unpaired) electrons. The molecule has 0 aliphatic rings. The van der Waals surface area contributed by atoms with E-state index in [1.54, 1.807) is 19.1 Å². The van der Waals surface area contributed by atoms with E-state index in [4.69, 9.17) is 4.74 Å². The first kappa shape index (κ1) is 23.8. The van der Waals surface area contributed by atoms with Crippen LogP contribution in [0.25, 0.3) is 0 Å². The van der Waals surface area contributed by atoms with E-state index in [0.29, 0.717) is 11.3 Å². The standard InChI is InChI=1S/C19H25N3O6S2/c1-5-19(23)21-17-12-16(10-11-18(17)28-4)29(24,25)20-13-14-6-8-15(9-7-14)30(26,27)22(2)3/h6-12,20H,5,13H2,1-4H3,(H,21,23). The zero-order valence-corrected chi connectivity index (χ0v) is 18.8. The molecule has 2 aromatic rings. The average molecular weight is 456 g/mol. The highest BCUT2D eigenvalue weighted by molar-refractivity contribution is 7.89. The molecule has 9 nitrogen and oxygen atoms in total. The molecule has 0 aliphatic carbocycles. The Bertz CT molecular complexity index is 1110. The summed E-state index contributed by atoms with van der Waals surface area (Å²) in [6.45, 7) is 1.65. The first-order chi connectivity index (χ1) is 14.0. The molecule has 0 aromatic heterocycles. The SMILES string of the molecule is CCC(=O)Nc1cc(S(=O)(=O)NCc2ccc(S(=O)(=O)N(C)C)cc2)ccc1OC. The van der Waals surface area contributed by atoms with E-state index in [1.165, 1.54) is 51.5 Å². The Labute approximate surface area is 177 Å². The number of anilines is 1. The minimum absolute atomic E-state index is 0.0344. The molecule has 0 saturated carbocycles. The molecule has 30 heavy (non-hydrogen) atoms. The number of nitrogens with one attached hydrogen (secondary N) is 2. The summed E-state index contributed by atoms with van der Waals surface area (Å²) in [5.41, 5.74) is 0.842. The molecule has 2 N–H and O–H groups in total. The summed E-state index contributed by atoms with van der Waals surface area (Å²) in [5.74, 6) is 0.0667. The van der Waals surface area contributed by atoms with Crippen LogP contribution in [-0.2, 0) is 31.4 Å². The molecule has 11 heteroatoms. The highest BCUT2D eigenvalue weighted by Gasteiger charge is 2.19. The highest BCUT2D eigenvalue weighted by atomic mass is 32.2. The topological polar surface area (TPSA) is 122 Å². The van der Waals surface area contributed by atoms with Crippen molar-refractivity contribution in [1.29, 1.82) is 0 Å². The maximum atomic E-state index is 12.7. The maximum absolute atomic E-state index is 12.7.